The van der Waals surface area contributed by atoms with Gasteiger partial charge in [-0.05, 0) is 39.0 Å². The first-order valence-electron chi connectivity index (χ1n) is 11.2. The van der Waals surface area contributed by atoms with E-state index < -0.39 is 46.7 Å². The molecule has 2 saturated heterocycles. The molecule has 0 aromatic rings. The molecule has 1 N–H and O–H groups in total. The van der Waals surface area contributed by atoms with Gasteiger partial charge in [0.1, 0.15) is 17.8 Å². The second-order valence-corrected chi connectivity index (χ2v) is 11.1. The van der Waals surface area contributed by atoms with Crippen molar-refractivity contribution in [3.63, 3.8) is 0 Å². The molecule has 7 heteroatoms. The van der Waals surface area contributed by atoms with Crippen LogP contribution in [-0.4, -0.2) is 58.3 Å². The molecule has 2 saturated carbocycles. The van der Waals surface area contributed by atoms with Crippen molar-refractivity contribution in [3.05, 3.63) is 12.7 Å². The SMILES string of the molecule is C=C[C@@]1(C)CC(=O)[C@@]23O[C@@H](C)O[C@H]4CCC(C)(C)[C@H]([C@H](OC(C)=O)[C@H](O)[C@@]2(C)O1)[C@]43C. The second kappa shape index (κ2) is 6.62. The molecule has 4 fully saturated rings. The Morgan fingerprint density at radius 1 is 1.26 bits per heavy atom. The number of hydrogen-bond donors (Lipinski definition) is 1. The highest BCUT2D eigenvalue weighted by Gasteiger charge is 2.84. The van der Waals surface area contributed by atoms with Gasteiger partial charge in [-0.25, -0.2) is 0 Å². The molecule has 0 aromatic heterocycles. The van der Waals surface area contributed by atoms with Crippen LogP contribution in [0.15, 0.2) is 12.7 Å². The highest BCUT2D eigenvalue weighted by Crippen LogP contribution is 2.70. The third kappa shape index (κ3) is 2.66. The second-order valence-electron chi connectivity index (χ2n) is 11.1. The predicted octanol–water partition coefficient (Wildman–Crippen LogP) is 2.93. The van der Waals surface area contributed by atoms with Crippen LogP contribution < -0.4 is 0 Å². The summed E-state index contributed by atoms with van der Waals surface area (Å²) in [5, 5.41) is 11.8. The first kappa shape index (κ1) is 22.9. The van der Waals surface area contributed by atoms with E-state index in [2.05, 4.69) is 20.4 Å². The van der Waals surface area contributed by atoms with Crippen molar-refractivity contribution in [1.82, 2.24) is 0 Å². The van der Waals surface area contributed by atoms with Gasteiger partial charge in [0, 0.05) is 24.7 Å². The van der Waals surface area contributed by atoms with Crippen LogP contribution in [0.1, 0.15) is 67.7 Å². The lowest BCUT2D eigenvalue weighted by molar-refractivity contribution is -0.438. The summed E-state index contributed by atoms with van der Waals surface area (Å²) in [6.07, 6.45) is 0.120. The van der Waals surface area contributed by atoms with Gasteiger partial charge in [0.05, 0.1) is 11.7 Å². The zero-order valence-corrected chi connectivity index (χ0v) is 19.7. The van der Waals surface area contributed by atoms with Gasteiger partial charge >= 0.3 is 5.97 Å². The minimum absolute atomic E-state index is 0.0826. The minimum atomic E-state index is -1.47. The summed E-state index contributed by atoms with van der Waals surface area (Å²) in [5.41, 5.74) is -5.13. The fourth-order valence-corrected chi connectivity index (χ4v) is 7.58. The van der Waals surface area contributed by atoms with Crippen molar-refractivity contribution in [1.29, 1.82) is 0 Å². The van der Waals surface area contributed by atoms with Crippen LogP contribution in [0.2, 0.25) is 0 Å². The molecule has 0 amide bonds. The largest absolute Gasteiger partial charge is 0.459 e. The summed E-state index contributed by atoms with van der Waals surface area (Å²) in [6.45, 7) is 16.7. The van der Waals surface area contributed by atoms with Gasteiger partial charge in [0.25, 0.3) is 0 Å². The Hall–Kier alpha value is -1.28. The van der Waals surface area contributed by atoms with E-state index >= 15 is 0 Å². The van der Waals surface area contributed by atoms with Crippen molar-refractivity contribution < 1.29 is 33.6 Å². The lowest BCUT2D eigenvalue weighted by Gasteiger charge is -2.74. The number of rotatable bonds is 2. The van der Waals surface area contributed by atoms with Crippen molar-refractivity contribution in [3.8, 4) is 0 Å². The average molecular weight is 437 g/mol. The van der Waals surface area contributed by atoms with E-state index in [4.69, 9.17) is 18.9 Å². The molecule has 0 radical (unpaired) electrons. The Morgan fingerprint density at radius 2 is 1.90 bits per heavy atom. The van der Waals surface area contributed by atoms with Crippen molar-refractivity contribution in [2.24, 2.45) is 16.7 Å². The Kier molecular flexibility index (Phi) is 4.89. The maximum absolute atomic E-state index is 14.1. The van der Waals surface area contributed by atoms with Crippen LogP contribution in [0.4, 0.5) is 0 Å². The van der Waals surface area contributed by atoms with E-state index in [1.165, 1.54) is 6.92 Å². The maximum Gasteiger partial charge on any atom is 0.303 e. The lowest BCUT2D eigenvalue weighted by atomic mass is 9.39. The molecule has 4 aliphatic rings. The number of aliphatic hydroxyl groups excluding tert-OH is 1. The Labute approximate surface area is 184 Å². The standard InChI is InChI=1S/C24H36O7/c1-9-21(6)12-15(26)24-22(7)16(29-14(3)30-24)10-11-20(4,5)18(22)17(28-13(2)25)19(27)23(24,8)31-21/h9,14,16-19,27H,1,10-12H2,2-8H3/t14-,16-,17-,18-,19-,21-,22-,23+,24-/m0/s1. The Morgan fingerprint density at radius 3 is 2.48 bits per heavy atom. The summed E-state index contributed by atoms with van der Waals surface area (Å²) >= 11 is 0. The molecule has 0 bridgehead atoms. The fraction of sp³-hybridized carbons (Fsp3) is 0.833. The molecule has 4 rings (SSSR count). The fourth-order valence-electron chi connectivity index (χ4n) is 7.58. The number of ketones is 1. The quantitative estimate of drug-likeness (QED) is 0.526. The summed E-state index contributed by atoms with van der Waals surface area (Å²) in [4.78, 5) is 26.2. The molecule has 2 heterocycles. The number of aliphatic hydroxyl groups is 1. The summed E-state index contributed by atoms with van der Waals surface area (Å²) in [7, 11) is 0. The van der Waals surface area contributed by atoms with Crippen LogP contribution >= 0.6 is 0 Å². The lowest BCUT2D eigenvalue weighted by Crippen LogP contribution is -2.89. The molecule has 2 aliphatic carbocycles. The van der Waals surface area contributed by atoms with Crippen LogP contribution in [0, 0.1) is 16.7 Å². The number of esters is 1. The van der Waals surface area contributed by atoms with Gasteiger partial charge in [-0.2, -0.15) is 0 Å². The molecule has 0 aromatic carbocycles. The van der Waals surface area contributed by atoms with E-state index in [1.807, 2.05) is 6.92 Å². The van der Waals surface area contributed by atoms with E-state index in [0.717, 1.165) is 12.8 Å². The topological polar surface area (TPSA) is 91.3 Å². The molecule has 2 aliphatic heterocycles. The van der Waals surface area contributed by atoms with E-state index in [9.17, 15) is 14.7 Å². The average Bonchev–Trinajstić information content (AvgIpc) is 2.63. The first-order chi connectivity index (χ1) is 14.2. The molecule has 9 atom stereocenters. The van der Waals surface area contributed by atoms with E-state index in [1.54, 1.807) is 26.8 Å². The Balaban J connectivity index is 2.03. The summed E-state index contributed by atoms with van der Waals surface area (Å²) in [6, 6.07) is 0. The number of carbonyl (C=O) groups is 2. The molecular weight excluding hydrogens is 400 g/mol. The zero-order chi connectivity index (χ0) is 23.2. The molecular formula is C24H36O7. The molecule has 31 heavy (non-hydrogen) atoms. The highest BCUT2D eigenvalue weighted by molar-refractivity contribution is 5.93. The third-order valence-electron chi connectivity index (χ3n) is 8.65. The molecule has 7 nitrogen and oxygen atoms in total. The van der Waals surface area contributed by atoms with Gasteiger partial charge < -0.3 is 24.1 Å². The number of carbonyl (C=O) groups excluding carboxylic acids is 2. The van der Waals surface area contributed by atoms with Gasteiger partial charge in [-0.1, -0.05) is 26.8 Å². The molecule has 0 unspecified atom stereocenters. The summed E-state index contributed by atoms with van der Waals surface area (Å²) in [5.74, 6) is -0.991. The smallest absolute Gasteiger partial charge is 0.303 e. The Bertz CT molecular complexity index is 823. The monoisotopic (exact) mass is 436 g/mol. The van der Waals surface area contributed by atoms with Gasteiger partial charge in [0.2, 0.25) is 0 Å². The molecule has 174 valence electrons. The third-order valence-corrected chi connectivity index (χ3v) is 8.65. The normalized spacial score (nSPS) is 53.2. The van der Waals surface area contributed by atoms with E-state index in [0.29, 0.717) is 0 Å². The van der Waals surface area contributed by atoms with Gasteiger partial charge in [-0.15, -0.1) is 6.58 Å². The molecule has 1 spiro atoms. The van der Waals surface area contributed by atoms with Crippen molar-refractivity contribution in [2.45, 2.75) is 109 Å². The van der Waals surface area contributed by atoms with Crippen LogP contribution in [0.5, 0.6) is 0 Å². The van der Waals surface area contributed by atoms with Crippen LogP contribution in [-0.2, 0) is 28.5 Å². The summed E-state index contributed by atoms with van der Waals surface area (Å²) < 4.78 is 25.1. The van der Waals surface area contributed by atoms with Gasteiger partial charge in [0.15, 0.2) is 17.7 Å². The van der Waals surface area contributed by atoms with E-state index in [-0.39, 0.29) is 29.6 Å². The number of Topliss-reactive ketones (excluding diaryl/α,β-unsaturated/α-hetero) is 1. The van der Waals surface area contributed by atoms with Gasteiger partial charge in [-0.3, -0.25) is 9.59 Å². The van der Waals surface area contributed by atoms with Crippen molar-refractivity contribution in [2.75, 3.05) is 0 Å². The van der Waals surface area contributed by atoms with Crippen LogP contribution in [0.25, 0.3) is 0 Å². The minimum Gasteiger partial charge on any atom is -0.459 e. The first-order valence-corrected chi connectivity index (χ1v) is 11.2. The maximum atomic E-state index is 14.1. The number of ether oxygens (including phenoxy) is 4. The van der Waals surface area contributed by atoms with Crippen LogP contribution in [0.3, 0.4) is 0 Å². The number of hydrogen-bond acceptors (Lipinski definition) is 7. The zero-order valence-electron chi connectivity index (χ0n) is 19.7. The van der Waals surface area contributed by atoms with Crippen molar-refractivity contribution >= 4 is 11.8 Å². The highest BCUT2D eigenvalue weighted by atomic mass is 16.7. The predicted molar refractivity (Wildman–Crippen MR) is 112 cm³/mol.